The minimum Gasteiger partial charge on any atom is -0.455 e. The van der Waals surface area contributed by atoms with Crippen LogP contribution in [0.3, 0.4) is 0 Å². The van der Waals surface area contributed by atoms with Gasteiger partial charge in [0.1, 0.15) is 0 Å². The molecule has 2 unspecified atom stereocenters. The Labute approximate surface area is 171 Å². The number of para-hydroxylation sites is 1. The number of nitrogens with zero attached hydrogens (tertiary/aromatic N) is 1. The van der Waals surface area contributed by atoms with E-state index in [4.69, 9.17) is 10.5 Å². The van der Waals surface area contributed by atoms with E-state index < -0.39 is 30.3 Å². The van der Waals surface area contributed by atoms with Gasteiger partial charge in [-0.25, -0.2) is 0 Å². The normalized spacial score (nSPS) is 12.6. The number of carbonyl (C=O) groups excluding carboxylic acids is 3. The number of esters is 1. The van der Waals surface area contributed by atoms with Gasteiger partial charge >= 0.3 is 5.97 Å². The van der Waals surface area contributed by atoms with Crippen molar-refractivity contribution in [3.05, 3.63) is 66.2 Å². The van der Waals surface area contributed by atoms with E-state index in [1.807, 2.05) is 50.2 Å². The average molecular weight is 396 g/mol. The van der Waals surface area contributed by atoms with Crippen molar-refractivity contribution in [1.82, 2.24) is 0 Å². The van der Waals surface area contributed by atoms with Gasteiger partial charge in [0, 0.05) is 18.7 Å². The molecule has 2 aromatic rings. The van der Waals surface area contributed by atoms with Crippen LogP contribution < -0.4 is 10.6 Å². The SMILES string of the molecule is CCC(C)C(C(=O)OCC(=O)N(CCC(N)=O)c1ccccc1)c1ccccc1. The summed E-state index contributed by atoms with van der Waals surface area (Å²) >= 11 is 0. The van der Waals surface area contributed by atoms with Crippen LogP contribution in [-0.4, -0.2) is 30.9 Å². The number of benzene rings is 2. The van der Waals surface area contributed by atoms with Gasteiger partial charge < -0.3 is 15.4 Å². The molecule has 0 radical (unpaired) electrons. The van der Waals surface area contributed by atoms with Gasteiger partial charge in [-0.15, -0.1) is 0 Å². The first-order valence-corrected chi connectivity index (χ1v) is 9.79. The van der Waals surface area contributed by atoms with Crippen LogP contribution in [0.4, 0.5) is 5.69 Å². The first-order valence-electron chi connectivity index (χ1n) is 9.79. The third kappa shape index (κ3) is 6.45. The Hall–Kier alpha value is -3.15. The minimum absolute atomic E-state index is 0.0219. The van der Waals surface area contributed by atoms with Crippen LogP contribution in [0.15, 0.2) is 60.7 Å². The van der Waals surface area contributed by atoms with Crippen molar-refractivity contribution >= 4 is 23.5 Å². The third-order valence-electron chi connectivity index (χ3n) is 4.91. The Morgan fingerprint density at radius 2 is 1.59 bits per heavy atom. The lowest BCUT2D eigenvalue weighted by Crippen LogP contribution is -2.37. The zero-order valence-corrected chi connectivity index (χ0v) is 16.9. The lowest BCUT2D eigenvalue weighted by Gasteiger charge is -2.24. The molecule has 0 heterocycles. The highest BCUT2D eigenvalue weighted by molar-refractivity contribution is 5.96. The number of primary amides is 1. The molecule has 2 rings (SSSR count). The third-order valence-corrected chi connectivity index (χ3v) is 4.91. The molecular formula is C23H28N2O4. The quantitative estimate of drug-likeness (QED) is 0.624. The number of rotatable bonds is 10. The first kappa shape index (κ1) is 22.1. The molecule has 0 saturated carbocycles. The van der Waals surface area contributed by atoms with Crippen molar-refractivity contribution in [3.8, 4) is 0 Å². The average Bonchev–Trinajstić information content (AvgIpc) is 2.73. The van der Waals surface area contributed by atoms with E-state index in [9.17, 15) is 14.4 Å². The standard InChI is InChI=1S/C23H28N2O4/c1-3-17(2)22(18-10-6-4-7-11-18)23(28)29-16-21(27)25(15-14-20(24)26)19-12-8-5-9-13-19/h4-13,17,22H,3,14-16H2,1-2H3,(H2,24,26). The van der Waals surface area contributed by atoms with E-state index in [1.54, 1.807) is 24.3 Å². The maximum atomic E-state index is 12.8. The molecule has 2 N–H and O–H groups in total. The number of ether oxygens (including phenoxy) is 1. The van der Waals surface area contributed by atoms with Crippen LogP contribution >= 0.6 is 0 Å². The Morgan fingerprint density at radius 1 is 1.00 bits per heavy atom. The summed E-state index contributed by atoms with van der Waals surface area (Å²) in [4.78, 5) is 38.2. The van der Waals surface area contributed by atoms with E-state index in [0.29, 0.717) is 5.69 Å². The summed E-state index contributed by atoms with van der Waals surface area (Å²) in [6.45, 7) is 3.74. The molecule has 154 valence electrons. The molecule has 0 saturated heterocycles. The Bertz CT molecular complexity index is 808. The van der Waals surface area contributed by atoms with Crippen molar-refractivity contribution in [3.63, 3.8) is 0 Å². The maximum absolute atomic E-state index is 12.8. The monoisotopic (exact) mass is 396 g/mol. The molecule has 0 bridgehead atoms. The fraction of sp³-hybridized carbons (Fsp3) is 0.348. The molecule has 2 atom stereocenters. The fourth-order valence-corrected chi connectivity index (χ4v) is 3.12. The molecule has 0 fully saturated rings. The first-order chi connectivity index (χ1) is 13.9. The van der Waals surface area contributed by atoms with E-state index in [2.05, 4.69) is 0 Å². The van der Waals surface area contributed by atoms with Gasteiger partial charge in [0.15, 0.2) is 6.61 Å². The zero-order chi connectivity index (χ0) is 21.2. The van der Waals surface area contributed by atoms with Crippen molar-refractivity contribution in [2.45, 2.75) is 32.6 Å². The van der Waals surface area contributed by atoms with Gasteiger partial charge in [0.05, 0.1) is 5.92 Å². The Balaban J connectivity index is 2.10. The number of anilines is 1. The Kier molecular flexibility index (Phi) is 8.40. The summed E-state index contributed by atoms with van der Waals surface area (Å²) in [7, 11) is 0. The summed E-state index contributed by atoms with van der Waals surface area (Å²) in [6.07, 6.45) is 0.825. The van der Waals surface area contributed by atoms with E-state index in [1.165, 1.54) is 4.90 Å². The number of carbonyl (C=O) groups is 3. The van der Waals surface area contributed by atoms with Gasteiger partial charge in [-0.1, -0.05) is 68.8 Å². The molecule has 6 nitrogen and oxygen atoms in total. The van der Waals surface area contributed by atoms with Gasteiger partial charge in [-0.05, 0) is 23.6 Å². The number of nitrogens with two attached hydrogens (primary N) is 1. The number of hydrogen-bond acceptors (Lipinski definition) is 4. The zero-order valence-electron chi connectivity index (χ0n) is 16.9. The highest BCUT2D eigenvalue weighted by Gasteiger charge is 2.28. The van der Waals surface area contributed by atoms with Crippen molar-refractivity contribution in [2.24, 2.45) is 11.7 Å². The van der Waals surface area contributed by atoms with Gasteiger partial charge in [-0.3, -0.25) is 14.4 Å². The highest BCUT2D eigenvalue weighted by atomic mass is 16.5. The topological polar surface area (TPSA) is 89.7 Å². The van der Waals surface area contributed by atoms with Crippen LogP contribution in [0.25, 0.3) is 0 Å². The van der Waals surface area contributed by atoms with Crippen molar-refractivity contribution in [1.29, 1.82) is 0 Å². The molecule has 0 spiro atoms. The largest absolute Gasteiger partial charge is 0.455 e. The smallest absolute Gasteiger partial charge is 0.314 e. The van der Waals surface area contributed by atoms with Gasteiger partial charge in [0.2, 0.25) is 5.91 Å². The molecular weight excluding hydrogens is 368 g/mol. The number of amides is 2. The van der Waals surface area contributed by atoms with Crippen LogP contribution in [-0.2, 0) is 19.1 Å². The molecule has 0 aliphatic heterocycles. The maximum Gasteiger partial charge on any atom is 0.314 e. The predicted octanol–water partition coefficient (Wildman–Crippen LogP) is 3.27. The summed E-state index contributed by atoms with van der Waals surface area (Å²) in [5.41, 5.74) is 6.72. The second-order valence-electron chi connectivity index (χ2n) is 6.98. The van der Waals surface area contributed by atoms with Crippen LogP contribution in [0.2, 0.25) is 0 Å². The molecule has 0 aromatic heterocycles. The second kappa shape index (κ2) is 11.0. The van der Waals surface area contributed by atoms with E-state index in [-0.39, 0.29) is 18.9 Å². The summed E-state index contributed by atoms with van der Waals surface area (Å²) in [5.74, 6) is -1.70. The van der Waals surface area contributed by atoms with Crippen LogP contribution in [0.5, 0.6) is 0 Å². The van der Waals surface area contributed by atoms with E-state index in [0.717, 1.165) is 12.0 Å². The lowest BCUT2D eigenvalue weighted by atomic mass is 9.86. The minimum atomic E-state index is -0.503. The molecule has 2 amide bonds. The second-order valence-corrected chi connectivity index (χ2v) is 6.98. The van der Waals surface area contributed by atoms with E-state index >= 15 is 0 Å². The van der Waals surface area contributed by atoms with Crippen molar-refractivity contribution in [2.75, 3.05) is 18.1 Å². The van der Waals surface area contributed by atoms with Gasteiger partial charge in [-0.2, -0.15) is 0 Å². The molecule has 29 heavy (non-hydrogen) atoms. The fourth-order valence-electron chi connectivity index (χ4n) is 3.12. The Morgan fingerprint density at radius 3 is 2.14 bits per heavy atom. The molecule has 6 heteroatoms. The predicted molar refractivity (Wildman–Crippen MR) is 112 cm³/mol. The van der Waals surface area contributed by atoms with Gasteiger partial charge in [0.25, 0.3) is 5.91 Å². The molecule has 2 aromatic carbocycles. The summed E-state index contributed by atoms with van der Waals surface area (Å²) < 4.78 is 5.41. The highest BCUT2D eigenvalue weighted by Crippen LogP contribution is 2.28. The number of hydrogen-bond donors (Lipinski definition) is 1. The van der Waals surface area contributed by atoms with Crippen LogP contribution in [0.1, 0.15) is 38.2 Å². The summed E-state index contributed by atoms with van der Waals surface area (Å²) in [6, 6.07) is 18.4. The summed E-state index contributed by atoms with van der Waals surface area (Å²) in [5, 5.41) is 0. The van der Waals surface area contributed by atoms with Crippen molar-refractivity contribution < 1.29 is 19.1 Å². The molecule has 0 aliphatic carbocycles. The van der Waals surface area contributed by atoms with Crippen LogP contribution in [0, 0.1) is 5.92 Å². The molecule has 0 aliphatic rings. The lowest BCUT2D eigenvalue weighted by molar-refractivity contribution is -0.150.